The van der Waals surface area contributed by atoms with Crippen LogP contribution in [0.5, 0.6) is 0 Å². The molecule has 1 aliphatic heterocycles. The van der Waals surface area contributed by atoms with Crippen molar-refractivity contribution in [1.82, 2.24) is 10.2 Å². The van der Waals surface area contributed by atoms with Crippen LogP contribution in [0.2, 0.25) is 0 Å². The van der Waals surface area contributed by atoms with Crippen LogP contribution >= 0.6 is 0 Å². The van der Waals surface area contributed by atoms with Crippen LogP contribution in [0.1, 0.15) is 26.2 Å². The highest BCUT2D eigenvalue weighted by atomic mass is 16.2. The van der Waals surface area contributed by atoms with E-state index in [9.17, 15) is 4.79 Å². The smallest absolute Gasteiger partial charge is 0.321 e. The van der Waals surface area contributed by atoms with Crippen LogP contribution in [-0.2, 0) is 0 Å². The predicted octanol–water partition coefficient (Wildman–Crippen LogP) is 2.93. The van der Waals surface area contributed by atoms with E-state index in [-0.39, 0.29) is 6.03 Å². The maximum Gasteiger partial charge on any atom is 0.321 e. The summed E-state index contributed by atoms with van der Waals surface area (Å²) in [7, 11) is 0. The molecule has 2 rings (SSSR count). The van der Waals surface area contributed by atoms with Gasteiger partial charge in [0.15, 0.2) is 0 Å². The molecule has 0 saturated carbocycles. The Kier molecular flexibility index (Phi) is 5.87. The van der Waals surface area contributed by atoms with Crippen molar-refractivity contribution in [1.29, 1.82) is 0 Å². The van der Waals surface area contributed by atoms with Gasteiger partial charge >= 0.3 is 6.03 Å². The fourth-order valence-electron chi connectivity index (χ4n) is 2.65. The predicted molar refractivity (Wildman–Crippen MR) is 82.9 cm³/mol. The first kappa shape index (κ1) is 14.9. The molecule has 0 aliphatic carbocycles. The Hall–Kier alpha value is -1.55. The summed E-state index contributed by atoms with van der Waals surface area (Å²) in [5.74, 6) is 0.629. The molecule has 0 radical (unpaired) electrons. The molecule has 0 atom stereocenters. The molecule has 4 nitrogen and oxygen atoms in total. The first-order valence-electron chi connectivity index (χ1n) is 7.61. The molecule has 20 heavy (non-hydrogen) atoms. The Morgan fingerprint density at radius 1 is 1.30 bits per heavy atom. The SMILES string of the molecule is CCCN(CC1CCNCC1)C(=O)Nc1ccccc1. The molecule has 1 aliphatic rings. The molecule has 110 valence electrons. The Morgan fingerprint density at radius 3 is 2.65 bits per heavy atom. The first-order chi connectivity index (χ1) is 9.79. The topological polar surface area (TPSA) is 44.4 Å². The van der Waals surface area contributed by atoms with E-state index in [0.717, 1.165) is 38.3 Å². The summed E-state index contributed by atoms with van der Waals surface area (Å²) in [5, 5.41) is 6.36. The maximum atomic E-state index is 12.4. The molecule has 4 heteroatoms. The number of carbonyl (C=O) groups is 1. The average Bonchev–Trinajstić information content (AvgIpc) is 2.49. The minimum absolute atomic E-state index is 0.0246. The summed E-state index contributed by atoms with van der Waals surface area (Å²) in [6.07, 6.45) is 3.32. The van der Waals surface area contributed by atoms with Gasteiger partial charge in [0, 0.05) is 18.8 Å². The average molecular weight is 275 g/mol. The molecular weight excluding hydrogens is 250 g/mol. The Bertz CT molecular complexity index is 401. The van der Waals surface area contributed by atoms with Crippen LogP contribution in [-0.4, -0.2) is 37.1 Å². The van der Waals surface area contributed by atoms with E-state index in [2.05, 4.69) is 17.6 Å². The van der Waals surface area contributed by atoms with Gasteiger partial charge in [0.1, 0.15) is 0 Å². The van der Waals surface area contributed by atoms with Gasteiger partial charge < -0.3 is 15.5 Å². The standard InChI is InChI=1S/C16H25N3O/c1-2-12-19(13-14-8-10-17-11-9-14)16(20)18-15-6-4-3-5-7-15/h3-7,14,17H,2,8-13H2,1H3,(H,18,20). The van der Waals surface area contributed by atoms with Crippen LogP contribution in [0.25, 0.3) is 0 Å². The van der Waals surface area contributed by atoms with E-state index in [4.69, 9.17) is 0 Å². The number of piperidine rings is 1. The van der Waals surface area contributed by atoms with Gasteiger partial charge in [0.05, 0.1) is 0 Å². The summed E-state index contributed by atoms with van der Waals surface area (Å²) >= 11 is 0. The molecule has 1 fully saturated rings. The van der Waals surface area contributed by atoms with Gasteiger partial charge in [-0.15, -0.1) is 0 Å². The molecule has 1 aromatic rings. The third kappa shape index (κ3) is 4.53. The van der Waals surface area contributed by atoms with Crippen molar-refractivity contribution in [3.8, 4) is 0 Å². The van der Waals surface area contributed by atoms with Crippen molar-refractivity contribution in [3.05, 3.63) is 30.3 Å². The van der Waals surface area contributed by atoms with Crippen LogP contribution in [0.4, 0.5) is 10.5 Å². The Labute approximate surface area is 121 Å². The van der Waals surface area contributed by atoms with E-state index < -0.39 is 0 Å². The number of anilines is 1. The number of benzene rings is 1. The highest BCUT2D eigenvalue weighted by molar-refractivity contribution is 5.89. The monoisotopic (exact) mass is 275 g/mol. The minimum Gasteiger partial charge on any atom is -0.324 e. The normalized spacial score (nSPS) is 15.8. The lowest BCUT2D eigenvalue weighted by atomic mass is 9.97. The number of amides is 2. The lowest BCUT2D eigenvalue weighted by Crippen LogP contribution is -2.41. The first-order valence-corrected chi connectivity index (χ1v) is 7.61. The van der Waals surface area contributed by atoms with Crippen LogP contribution < -0.4 is 10.6 Å². The Morgan fingerprint density at radius 2 is 2.00 bits per heavy atom. The zero-order chi connectivity index (χ0) is 14.2. The molecule has 1 saturated heterocycles. The van der Waals surface area contributed by atoms with E-state index in [0.29, 0.717) is 5.92 Å². The quantitative estimate of drug-likeness (QED) is 0.868. The van der Waals surface area contributed by atoms with E-state index in [1.807, 2.05) is 35.2 Å². The highest BCUT2D eigenvalue weighted by Crippen LogP contribution is 2.15. The van der Waals surface area contributed by atoms with Crippen molar-refractivity contribution < 1.29 is 4.79 Å². The molecule has 0 bridgehead atoms. The number of carbonyl (C=O) groups excluding carboxylic acids is 1. The second-order valence-electron chi connectivity index (χ2n) is 5.44. The second-order valence-corrected chi connectivity index (χ2v) is 5.44. The lowest BCUT2D eigenvalue weighted by Gasteiger charge is -2.30. The number of urea groups is 1. The number of hydrogen-bond donors (Lipinski definition) is 2. The van der Waals surface area contributed by atoms with E-state index in [1.165, 1.54) is 12.8 Å². The molecule has 0 unspecified atom stereocenters. The molecule has 0 spiro atoms. The van der Waals surface area contributed by atoms with Crippen LogP contribution in [0, 0.1) is 5.92 Å². The summed E-state index contributed by atoms with van der Waals surface area (Å²) < 4.78 is 0. The summed E-state index contributed by atoms with van der Waals surface area (Å²) in [5.41, 5.74) is 0.865. The fraction of sp³-hybridized carbons (Fsp3) is 0.562. The van der Waals surface area contributed by atoms with Gasteiger partial charge in [-0.05, 0) is 50.4 Å². The van der Waals surface area contributed by atoms with Crippen molar-refractivity contribution in [2.45, 2.75) is 26.2 Å². The molecule has 0 aromatic heterocycles. The Balaban J connectivity index is 1.90. The molecule has 2 N–H and O–H groups in total. The number of para-hydroxylation sites is 1. The number of nitrogens with one attached hydrogen (secondary N) is 2. The van der Waals surface area contributed by atoms with Gasteiger partial charge in [-0.25, -0.2) is 4.79 Å². The highest BCUT2D eigenvalue weighted by Gasteiger charge is 2.20. The largest absolute Gasteiger partial charge is 0.324 e. The number of nitrogens with zero attached hydrogens (tertiary/aromatic N) is 1. The zero-order valence-corrected chi connectivity index (χ0v) is 12.3. The van der Waals surface area contributed by atoms with Gasteiger partial charge in [0.2, 0.25) is 0 Å². The molecular formula is C16H25N3O. The van der Waals surface area contributed by atoms with E-state index in [1.54, 1.807) is 0 Å². The van der Waals surface area contributed by atoms with Crippen molar-refractivity contribution >= 4 is 11.7 Å². The lowest BCUT2D eigenvalue weighted by molar-refractivity contribution is 0.192. The number of hydrogen-bond acceptors (Lipinski definition) is 2. The van der Waals surface area contributed by atoms with Crippen molar-refractivity contribution in [3.63, 3.8) is 0 Å². The van der Waals surface area contributed by atoms with Crippen LogP contribution in [0.3, 0.4) is 0 Å². The van der Waals surface area contributed by atoms with Gasteiger partial charge in [-0.3, -0.25) is 0 Å². The molecule has 2 amide bonds. The zero-order valence-electron chi connectivity index (χ0n) is 12.3. The van der Waals surface area contributed by atoms with Crippen LogP contribution in [0.15, 0.2) is 30.3 Å². The van der Waals surface area contributed by atoms with E-state index >= 15 is 0 Å². The van der Waals surface area contributed by atoms with Crippen molar-refractivity contribution in [2.75, 3.05) is 31.5 Å². The summed E-state index contributed by atoms with van der Waals surface area (Å²) in [6, 6.07) is 9.70. The van der Waals surface area contributed by atoms with Gasteiger partial charge in [0.25, 0.3) is 0 Å². The van der Waals surface area contributed by atoms with Crippen molar-refractivity contribution in [2.24, 2.45) is 5.92 Å². The summed E-state index contributed by atoms with van der Waals surface area (Å²) in [4.78, 5) is 14.3. The third-order valence-electron chi connectivity index (χ3n) is 3.74. The summed E-state index contributed by atoms with van der Waals surface area (Å²) in [6.45, 7) is 5.96. The second kappa shape index (κ2) is 7.90. The maximum absolute atomic E-state index is 12.4. The molecule has 1 heterocycles. The fourth-order valence-corrected chi connectivity index (χ4v) is 2.65. The minimum atomic E-state index is 0.0246. The van der Waals surface area contributed by atoms with Gasteiger partial charge in [-0.2, -0.15) is 0 Å². The molecule has 1 aromatic carbocycles. The third-order valence-corrected chi connectivity index (χ3v) is 3.74. The van der Waals surface area contributed by atoms with Gasteiger partial charge in [-0.1, -0.05) is 25.1 Å². The number of rotatable bonds is 5.